The van der Waals surface area contributed by atoms with Crippen LogP contribution in [0.2, 0.25) is 0 Å². The molecule has 4 heteroatoms. The molecule has 1 aliphatic carbocycles. The van der Waals surface area contributed by atoms with E-state index in [1.165, 1.54) is 12.8 Å². The molecule has 0 amide bonds. The van der Waals surface area contributed by atoms with Crippen LogP contribution in [0.4, 0.5) is 0 Å². The van der Waals surface area contributed by atoms with Gasteiger partial charge in [-0.15, -0.1) is 0 Å². The second-order valence-electron chi connectivity index (χ2n) is 4.93. The van der Waals surface area contributed by atoms with Crippen LogP contribution in [0.15, 0.2) is 10.5 Å². The number of nitrogens with one attached hydrogen (secondary N) is 1. The maximum absolute atomic E-state index is 10.8. The van der Waals surface area contributed by atoms with Crippen molar-refractivity contribution in [2.24, 2.45) is 11.8 Å². The van der Waals surface area contributed by atoms with Crippen molar-refractivity contribution in [2.45, 2.75) is 33.2 Å². The maximum Gasteiger partial charge on any atom is 0.339 e. The van der Waals surface area contributed by atoms with E-state index in [1.54, 1.807) is 13.0 Å². The summed E-state index contributed by atoms with van der Waals surface area (Å²) in [4.78, 5) is 10.8. The van der Waals surface area contributed by atoms with Crippen LogP contribution < -0.4 is 5.32 Å². The lowest BCUT2D eigenvalue weighted by Gasteiger charge is -2.09. The number of carbonyl (C=O) groups is 1. The van der Waals surface area contributed by atoms with E-state index in [0.717, 1.165) is 12.5 Å². The Morgan fingerprint density at radius 1 is 1.65 bits per heavy atom. The monoisotopic (exact) mass is 237 g/mol. The number of aromatic carboxylic acids is 1. The van der Waals surface area contributed by atoms with Gasteiger partial charge in [-0.2, -0.15) is 0 Å². The fourth-order valence-electron chi connectivity index (χ4n) is 2.10. The highest BCUT2D eigenvalue weighted by atomic mass is 16.4. The molecule has 1 aliphatic rings. The van der Waals surface area contributed by atoms with E-state index in [2.05, 4.69) is 12.2 Å². The Morgan fingerprint density at radius 2 is 2.35 bits per heavy atom. The van der Waals surface area contributed by atoms with Crippen LogP contribution >= 0.6 is 0 Å². The van der Waals surface area contributed by atoms with Gasteiger partial charge in [0.25, 0.3) is 0 Å². The minimum atomic E-state index is -0.927. The van der Waals surface area contributed by atoms with Crippen LogP contribution in [-0.2, 0) is 6.54 Å². The van der Waals surface area contributed by atoms with Crippen molar-refractivity contribution in [3.05, 3.63) is 23.2 Å². The number of carboxylic acid groups (broad SMARTS) is 1. The van der Waals surface area contributed by atoms with Gasteiger partial charge in [-0.05, 0) is 44.2 Å². The normalized spacial score (nSPS) is 17.1. The molecule has 1 aromatic heterocycles. The van der Waals surface area contributed by atoms with Gasteiger partial charge in [0, 0.05) is 0 Å². The third-order valence-corrected chi connectivity index (χ3v) is 3.39. The van der Waals surface area contributed by atoms with E-state index in [9.17, 15) is 4.79 Å². The number of furan rings is 1. The van der Waals surface area contributed by atoms with Crippen molar-refractivity contribution in [1.29, 1.82) is 0 Å². The Bertz CT molecular complexity index is 407. The van der Waals surface area contributed by atoms with E-state index >= 15 is 0 Å². The molecule has 1 unspecified atom stereocenters. The van der Waals surface area contributed by atoms with Gasteiger partial charge < -0.3 is 14.8 Å². The molecule has 1 atom stereocenters. The van der Waals surface area contributed by atoms with Gasteiger partial charge in [0.2, 0.25) is 0 Å². The number of rotatable bonds is 6. The first-order valence-corrected chi connectivity index (χ1v) is 6.11. The number of hydrogen-bond donors (Lipinski definition) is 2. The van der Waals surface area contributed by atoms with Crippen LogP contribution in [0.1, 0.15) is 41.6 Å². The minimum Gasteiger partial charge on any atom is -0.478 e. The predicted molar refractivity (Wildman–Crippen MR) is 64.0 cm³/mol. The highest BCUT2D eigenvalue weighted by molar-refractivity contribution is 5.88. The zero-order valence-corrected chi connectivity index (χ0v) is 10.3. The fourth-order valence-corrected chi connectivity index (χ4v) is 2.10. The molecule has 1 heterocycles. The quantitative estimate of drug-likeness (QED) is 0.797. The Balaban J connectivity index is 1.82. The Kier molecular flexibility index (Phi) is 3.52. The molecule has 17 heavy (non-hydrogen) atoms. The van der Waals surface area contributed by atoms with Crippen molar-refractivity contribution in [3.63, 3.8) is 0 Å². The molecule has 0 saturated heterocycles. The largest absolute Gasteiger partial charge is 0.478 e. The summed E-state index contributed by atoms with van der Waals surface area (Å²) in [7, 11) is 0. The van der Waals surface area contributed by atoms with E-state index in [0.29, 0.717) is 24.0 Å². The molecule has 0 radical (unpaired) electrons. The molecule has 1 saturated carbocycles. The summed E-state index contributed by atoms with van der Waals surface area (Å²) < 4.78 is 5.39. The number of hydrogen-bond acceptors (Lipinski definition) is 3. The summed E-state index contributed by atoms with van der Waals surface area (Å²) >= 11 is 0. The SMILES string of the molecule is Cc1oc(CNCC(C)C2CC2)cc1C(=O)O. The molecule has 0 bridgehead atoms. The second kappa shape index (κ2) is 4.92. The zero-order valence-electron chi connectivity index (χ0n) is 10.3. The summed E-state index contributed by atoms with van der Waals surface area (Å²) in [6.45, 7) is 5.50. The molecule has 0 spiro atoms. The van der Waals surface area contributed by atoms with Crippen LogP contribution in [0.3, 0.4) is 0 Å². The maximum atomic E-state index is 10.8. The summed E-state index contributed by atoms with van der Waals surface area (Å²) in [5.74, 6) is 1.83. The van der Waals surface area contributed by atoms with Crippen LogP contribution in [0.5, 0.6) is 0 Å². The van der Waals surface area contributed by atoms with E-state index < -0.39 is 5.97 Å². The molecule has 1 fully saturated rings. The molecule has 1 aromatic rings. The van der Waals surface area contributed by atoms with Crippen molar-refractivity contribution < 1.29 is 14.3 Å². The van der Waals surface area contributed by atoms with Crippen molar-refractivity contribution in [2.75, 3.05) is 6.54 Å². The van der Waals surface area contributed by atoms with Gasteiger partial charge in [0.1, 0.15) is 17.1 Å². The summed E-state index contributed by atoms with van der Waals surface area (Å²) in [5, 5.41) is 12.2. The van der Waals surface area contributed by atoms with E-state index in [-0.39, 0.29) is 5.56 Å². The molecule has 2 N–H and O–H groups in total. The van der Waals surface area contributed by atoms with E-state index in [1.807, 2.05) is 0 Å². The zero-order chi connectivity index (χ0) is 12.4. The summed E-state index contributed by atoms with van der Waals surface area (Å²) in [6.07, 6.45) is 2.71. The third-order valence-electron chi connectivity index (χ3n) is 3.39. The molecule has 4 nitrogen and oxygen atoms in total. The van der Waals surface area contributed by atoms with Crippen LogP contribution in [-0.4, -0.2) is 17.6 Å². The summed E-state index contributed by atoms with van der Waals surface area (Å²) in [5.41, 5.74) is 0.261. The first-order chi connectivity index (χ1) is 8.08. The Labute approximate surface area is 101 Å². The second-order valence-corrected chi connectivity index (χ2v) is 4.93. The fraction of sp³-hybridized carbons (Fsp3) is 0.615. The molecule has 2 rings (SSSR count). The first kappa shape index (κ1) is 12.2. The average Bonchev–Trinajstić information content (AvgIpc) is 3.03. The highest BCUT2D eigenvalue weighted by Crippen LogP contribution is 2.36. The average molecular weight is 237 g/mol. The summed E-state index contributed by atoms with van der Waals surface area (Å²) in [6, 6.07) is 1.60. The van der Waals surface area contributed by atoms with Gasteiger partial charge >= 0.3 is 5.97 Å². The number of carboxylic acids is 1. The predicted octanol–water partition coefficient (Wildman–Crippen LogP) is 2.42. The molecule has 0 aliphatic heterocycles. The molecular weight excluding hydrogens is 218 g/mol. The van der Waals surface area contributed by atoms with Crippen molar-refractivity contribution >= 4 is 5.97 Å². The topological polar surface area (TPSA) is 62.5 Å². The van der Waals surface area contributed by atoms with Gasteiger partial charge in [-0.1, -0.05) is 6.92 Å². The lowest BCUT2D eigenvalue weighted by Crippen LogP contribution is -2.21. The lowest BCUT2D eigenvalue weighted by atomic mass is 10.1. The smallest absolute Gasteiger partial charge is 0.339 e. The van der Waals surface area contributed by atoms with Gasteiger partial charge in [0.15, 0.2) is 0 Å². The highest BCUT2D eigenvalue weighted by Gasteiger charge is 2.27. The number of aryl methyl sites for hydroxylation is 1. The minimum absolute atomic E-state index is 0.261. The molecule has 0 aromatic carbocycles. The van der Waals surface area contributed by atoms with Crippen LogP contribution in [0, 0.1) is 18.8 Å². The standard InChI is InChI=1S/C13H19NO3/c1-8(10-3-4-10)6-14-7-11-5-12(13(15)16)9(2)17-11/h5,8,10,14H,3-4,6-7H2,1-2H3,(H,15,16). The van der Waals surface area contributed by atoms with Gasteiger partial charge in [0.05, 0.1) is 6.54 Å². The van der Waals surface area contributed by atoms with Crippen molar-refractivity contribution in [3.8, 4) is 0 Å². The molecular formula is C13H19NO3. The Morgan fingerprint density at radius 3 is 2.88 bits per heavy atom. The van der Waals surface area contributed by atoms with Gasteiger partial charge in [-0.3, -0.25) is 0 Å². The van der Waals surface area contributed by atoms with Gasteiger partial charge in [-0.25, -0.2) is 4.79 Å². The first-order valence-electron chi connectivity index (χ1n) is 6.11. The molecule has 94 valence electrons. The Hall–Kier alpha value is -1.29. The van der Waals surface area contributed by atoms with E-state index in [4.69, 9.17) is 9.52 Å². The van der Waals surface area contributed by atoms with Crippen LogP contribution in [0.25, 0.3) is 0 Å². The third kappa shape index (κ3) is 3.09. The van der Waals surface area contributed by atoms with Crippen molar-refractivity contribution in [1.82, 2.24) is 5.32 Å². The lowest BCUT2D eigenvalue weighted by molar-refractivity contribution is 0.0695.